The maximum absolute atomic E-state index is 12.8. The molecule has 4 aliphatic rings. The number of halogens is 2. The first-order chi connectivity index (χ1) is 14.7. The summed E-state index contributed by atoms with van der Waals surface area (Å²) in [6.07, 6.45) is 7.93. The van der Waals surface area contributed by atoms with E-state index in [0.717, 1.165) is 24.1 Å². The number of rotatable bonds is 5. The fourth-order valence-corrected chi connectivity index (χ4v) is 7.13. The smallest absolute Gasteiger partial charge is 0.243 e. The Bertz CT molecular complexity index is 742. The molecule has 31 heavy (non-hydrogen) atoms. The largest absolute Gasteiger partial charge is 0.393 e. The number of hydrogen-bond donors (Lipinski definition) is 2. The molecule has 1 aliphatic heterocycles. The lowest BCUT2D eigenvalue weighted by atomic mass is 9.61. The number of aliphatic hydroxyl groups excluding tert-OH is 2. The minimum atomic E-state index is -2.18. The third-order valence-electron chi connectivity index (χ3n) is 8.88. The van der Waals surface area contributed by atoms with Gasteiger partial charge in [0.15, 0.2) is 0 Å². The van der Waals surface area contributed by atoms with Gasteiger partial charge in [-0.2, -0.15) is 0 Å². The summed E-state index contributed by atoms with van der Waals surface area (Å²) in [5, 5.41) is 20.1. The second-order valence-corrected chi connectivity index (χ2v) is 11.0. The molecule has 174 valence electrons. The van der Waals surface area contributed by atoms with Crippen LogP contribution in [0.25, 0.3) is 0 Å². The van der Waals surface area contributed by atoms with Crippen molar-refractivity contribution in [2.45, 2.75) is 77.4 Å². The number of fused-ring (bicyclic) bond motifs is 1. The van der Waals surface area contributed by atoms with Gasteiger partial charge in [-0.3, -0.25) is 0 Å². The van der Waals surface area contributed by atoms with Crippen LogP contribution in [0.1, 0.15) is 58.8 Å². The van der Waals surface area contributed by atoms with Gasteiger partial charge in [-0.25, -0.2) is 8.78 Å². The molecule has 0 radical (unpaired) electrons. The first kappa shape index (κ1) is 23.1. The lowest BCUT2D eigenvalue weighted by Crippen LogP contribution is -2.52. The van der Waals surface area contributed by atoms with Crippen LogP contribution in [-0.2, 0) is 0 Å². The van der Waals surface area contributed by atoms with Gasteiger partial charge >= 0.3 is 0 Å². The number of likely N-dealkylation sites (tertiary alicyclic amines) is 1. The third-order valence-corrected chi connectivity index (χ3v) is 8.88. The van der Waals surface area contributed by atoms with E-state index in [-0.39, 0.29) is 5.41 Å². The summed E-state index contributed by atoms with van der Waals surface area (Å²) >= 11 is 0. The molecule has 6 atom stereocenters. The van der Waals surface area contributed by atoms with E-state index >= 15 is 0 Å². The van der Waals surface area contributed by atoms with E-state index in [1.807, 2.05) is 0 Å². The SMILES string of the molecule is C=C1/C(=C\C=C2/CCC[C@]3(C)[C@@H](C(C)CN4CC(C(F)F)C4)CC[C@@H]23)C[C@@H](O)C[C@H]1O. The molecular weight excluding hydrogens is 396 g/mol. The Morgan fingerprint density at radius 2 is 1.97 bits per heavy atom. The van der Waals surface area contributed by atoms with Crippen LogP contribution >= 0.6 is 0 Å². The van der Waals surface area contributed by atoms with Crippen LogP contribution in [0.15, 0.2) is 35.5 Å². The zero-order valence-electron chi connectivity index (χ0n) is 19.1. The van der Waals surface area contributed by atoms with Gasteiger partial charge in [0.25, 0.3) is 0 Å². The molecule has 0 amide bonds. The quantitative estimate of drug-likeness (QED) is 0.641. The number of nitrogens with zero attached hydrogens (tertiary/aromatic N) is 1. The maximum Gasteiger partial charge on any atom is 0.243 e. The van der Waals surface area contributed by atoms with Crippen LogP contribution in [0, 0.1) is 29.1 Å². The van der Waals surface area contributed by atoms with E-state index in [1.54, 1.807) is 0 Å². The number of aliphatic hydroxyl groups is 2. The highest BCUT2D eigenvalue weighted by molar-refractivity contribution is 5.38. The molecule has 1 saturated heterocycles. The molecule has 0 aromatic heterocycles. The molecule has 2 N–H and O–H groups in total. The monoisotopic (exact) mass is 435 g/mol. The van der Waals surface area contributed by atoms with Crippen LogP contribution in [0.4, 0.5) is 8.78 Å². The summed E-state index contributed by atoms with van der Waals surface area (Å²) in [5.41, 5.74) is 3.49. The van der Waals surface area contributed by atoms with Gasteiger partial charge in [-0.05, 0) is 72.8 Å². The van der Waals surface area contributed by atoms with Crippen LogP contribution in [0.2, 0.25) is 0 Å². The van der Waals surface area contributed by atoms with Crippen LogP contribution < -0.4 is 0 Å². The Morgan fingerprint density at radius 3 is 2.68 bits per heavy atom. The number of allylic oxidation sites excluding steroid dienone is 3. The second-order valence-electron chi connectivity index (χ2n) is 11.0. The molecule has 1 unspecified atom stereocenters. The van der Waals surface area contributed by atoms with Crippen molar-refractivity contribution >= 4 is 0 Å². The van der Waals surface area contributed by atoms with Crippen LogP contribution in [-0.4, -0.2) is 53.4 Å². The molecule has 4 rings (SSSR count). The third kappa shape index (κ3) is 4.56. The summed E-state index contributed by atoms with van der Waals surface area (Å²) in [5.74, 6) is 1.30. The highest BCUT2D eigenvalue weighted by Gasteiger charge is 2.51. The van der Waals surface area contributed by atoms with E-state index < -0.39 is 24.6 Å². The van der Waals surface area contributed by atoms with Crippen molar-refractivity contribution in [1.29, 1.82) is 0 Å². The zero-order valence-corrected chi connectivity index (χ0v) is 19.1. The molecule has 3 aliphatic carbocycles. The van der Waals surface area contributed by atoms with Gasteiger partial charge in [-0.15, -0.1) is 0 Å². The van der Waals surface area contributed by atoms with Crippen molar-refractivity contribution in [3.63, 3.8) is 0 Å². The van der Waals surface area contributed by atoms with Gasteiger partial charge in [0, 0.05) is 32.0 Å². The van der Waals surface area contributed by atoms with Gasteiger partial charge in [0.2, 0.25) is 6.43 Å². The summed E-state index contributed by atoms with van der Waals surface area (Å²) in [4.78, 5) is 2.22. The first-order valence-electron chi connectivity index (χ1n) is 12.1. The normalized spacial score (nSPS) is 41.1. The van der Waals surface area contributed by atoms with Crippen molar-refractivity contribution in [3.8, 4) is 0 Å². The standard InChI is InChI=1S/C26H39F2NO2/c1-16(13-29-14-20(15-29)25(27)28)22-8-9-23-18(5-4-10-26(22,23)3)6-7-19-11-21(30)12-24(31)17(19)2/h6-7,16,20-25,30-31H,2,4-5,8-15H2,1,3H3/b18-6+,19-7-/t16?,21-,22-,23+,24-,26-/m1/s1. The predicted octanol–water partition coefficient (Wildman–Crippen LogP) is 4.96. The second kappa shape index (κ2) is 9.07. The van der Waals surface area contributed by atoms with Gasteiger partial charge in [-0.1, -0.05) is 38.2 Å². The Balaban J connectivity index is 1.43. The minimum Gasteiger partial charge on any atom is -0.393 e. The average Bonchev–Trinajstić information content (AvgIpc) is 3.03. The predicted molar refractivity (Wildman–Crippen MR) is 120 cm³/mol. The number of hydrogen-bond acceptors (Lipinski definition) is 3. The fraction of sp³-hybridized carbons (Fsp3) is 0.769. The lowest BCUT2D eigenvalue weighted by molar-refractivity contribution is -0.0381. The van der Waals surface area contributed by atoms with Crippen LogP contribution in [0.3, 0.4) is 0 Å². The lowest BCUT2D eigenvalue weighted by Gasteiger charge is -2.47. The summed E-state index contributed by atoms with van der Waals surface area (Å²) < 4.78 is 25.6. The molecule has 0 aromatic rings. The van der Waals surface area contributed by atoms with Crippen molar-refractivity contribution in [2.24, 2.45) is 29.1 Å². The highest BCUT2D eigenvalue weighted by Crippen LogP contribution is 2.59. The molecule has 3 saturated carbocycles. The molecule has 0 spiro atoms. The Morgan fingerprint density at radius 1 is 1.23 bits per heavy atom. The van der Waals surface area contributed by atoms with Crippen molar-refractivity contribution in [3.05, 3.63) is 35.5 Å². The number of alkyl halides is 2. The molecule has 0 aromatic carbocycles. The Kier molecular flexibility index (Phi) is 6.77. The summed E-state index contributed by atoms with van der Waals surface area (Å²) in [6, 6.07) is 0. The van der Waals surface area contributed by atoms with Crippen LogP contribution in [0.5, 0.6) is 0 Å². The van der Waals surface area contributed by atoms with Crippen molar-refractivity contribution in [1.82, 2.24) is 4.90 Å². The Labute approximate surface area is 185 Å². The minimum absolute atomic E-state index is 0.275. The molecule has 3 nitrogen and oxygen atoms in total. The topological polar surface area (TPSA) is 43.7 Å². The van der Waals surface area contributed by atoms with Crippen molar-refractivity contribution < 1.29 is 19.0 Å². The van der Waals surface area contributed by atoms with Gasteiger partial charge < -0.3 is 15.1 Å². The first-order valence-corrected chi connectivity index (χ1v) is 12.1. The maximum atomic E-state index is 12.8. The van der Waals surface area contributed by atoms with Gasteiger partial charge in [0.05, 0.1) is 12.2 Å². The van der Waals surface area contributed by atoms with Gasteiger partial charge in [0.1, 0.15) is 0 Å². The van der Waals surface area contributed by atoms with E-state index in [9.17, 15) is 19.0 Å². The molecule has 4 fully saturated rings. The summed E-state index contributed by atoms with van der Waals surface area (Å²) in [6.45, 7) is 10.9. The molecular formula is C26H39F2NO2. The Hall–Kier alpha value is -1.04. The fourth-order valence-electron chi connectivity index (χ4n) is 7.13. The molecule has 0 bridgehead atoms. The highest BCUT2D eigenvalue weighted by atomic mass is 19.3. The summed E-state index contributed by atoms with van der Waals surface area (Å²) in [7, 11) is 0. The average molecular weight is 436 g/mol. The zero-order chi connectivity index (χ0) is 22.3. The van der Waals surface area contributed by atoms with E-state index in [0.29, 0.717) is 43.7 Å². The van der Waals surface area contributed by atoms with E-state index in [2.05, 4.69) is 37.5 Å². The molecule has 1 heterocycles. The molecule has 5 heteroatoms. The van der Waals surface area contributed by atoms with Crippen molar-refractivity contribution in [2.75, 3.05) is 19.6 Å². The van der Waals surface area contributed by atoms with E-state index in [1.165, 1.54) is 31.3 Å². The van der Waals surface area contributed by atoms with E-state index in [4.69, 9.17) is 0 Å².